The van der Waals surface area contributed by atoms with Crippen LogP contribution in [0.1, 0.15) is 24.1 Å². The van der Waals surface area contributed by atoms with Crippen LogP contribution in [0.5, 0.6) is 11.5 Å². The third kappa shape index (κ3) is 6.36. The predicted molar refractivity (Wildman–Crippen MR) is 131 cm³/mol. The molecule has 180 valence electrons. The number of ether oxygens (including phenoxy) is 2. The fourth-order valence-electron chi connectivity index (χ4n) is 3.63. The summed E-state index contributed by atoms with van der Waals surface area (Å²) in [4.78, 5) is 13.1. The van der Waals surface area contributed by atoms with E-state index >= 15 is 0 Å². The van der Waals surface area contributed by atoms with Crippen LogP contribution in [0.15, 0.2) is 83.8 Å². The fraction of sp³-hybridized carbons (Fsp3) is 0.269. The highest BCUT2D eigenvalue weighted by Gasteiger charge is 2.27. The Morgan fingerprint density at radius 2 is 1.56 bits per heavy atom. The van der Waals surface area contributed by atoms with E-state index in [4.69, 9.17) is 9.47 Å². The molecule has 0 aliphatic rings. The van der Waals surface area contributed by atoms with Gasteiger partial charge in [-0.15, -0.1) is 0 Å². The van der Waals surface area contributed by atoms with E-state index < -0.39 is 15.9 Å². The largest absolute Gasteiger partial charge is 0.497 e. The summed E-state index contributed by atoms with van der Waals surface area (Å²) < 4.78 is 38.6. The zero-order valence-corrected chi connectivity index (χ0v) is 20.4. The van der Waals surface area contributed by atoms with E-state index in [1.807, 2.05) is 61.5 Å². The van der Waals surface area contributed by atoms with Gasteiger partial charge >= 0.3 is 0 Å². The predicted octanol–water partition coefficient (Wildman–Crippen LogP) is 3.81. The monoisotopic (exact) mass is 482 g/mol. The van der Waals surface area contributed by atoms with Gasteiger partial charge in [0.25, 0.3) is 0 Å². The summed E-state index contributed by atoms with van der Waals surface area (Å²) in [6, 6.07) is 22.8. The Labute approximate surface area is 201 Å². The number of nitrogens with one attached hydrogen (secondary N) is 1. The molecule has 0 heterocycles. The molecule has 8 heteroatoms. The molecule has 0 aliphatic heterocycles. The summed E-state index contributed by atoms with van der Waals surface area (Å²) in [7, 11) is -0.826. The average molecular weight is 483 g/mol. The van der Waals surface area contributed by atoms with Crippen molar-refractivity contribution in [3.05, 3.63) is 90.0 Å². The number of methoxy groups -OCH3 is 2. The van der Waals surface area contributed by atoms with Crippen LogP contribution in [0.4, 0.5) is 0 Å². The topological polar surface area (TPSA) is 84.9 Å². The Balaban J connectivity index is 1.80. The van der Waals surface area contributed by atoms with Crippen molar-refractivity contribution in [3.63, 3.8) is 0 Å². The van der Waals surface area contributed by atoms with Gasteiger partial charge in [-0.3, -0.25) is 4.79 Å². The molecule has 0 aromatic heterocycles. The first-order valence-electron chi connectivity index (χ1n) is 11.0. The van der Waals surface area contributed by atoms with Gasteiger partial charge in [0, 0.05) is 12.1 Å². The number of benzene rings is 3. The highest BCUT2D eigenvalue weighted by Crippen LogP contribution is 2.25. The van der Waals surface area contributed by atoms with Crippen molar-refractivity contribution < 1.29 is 22.7 Å². The molecule has 34 heavy (non-hydrogen) atoms. The van der Waals surface area contributed by atoms with E-state index in [0.29, 0.717) is 17.9 Å². The number of nitrogens with zero attached hydrogens (tertiary/aromatic N) is 1. The molecule has 0 radical (unpaired) electrons. The Bertz CT molecular complexity index is 1180. The second-order valence-corrected chi connectivity index (χ2v) is 9.72. The van der Waals surface area contributed by atoms with Crippen molar-refractivity contribution in [1.82, 2.24) is 9.62 Å². The number of amides is 1. The van der Waals surface area contributed by atoms with Crippen LogP contribution in [-0.2, 0) is 21.2 Å². The zero-order valence-electron chi connectivity index (χ0n) is 19.6. The number of sulfonamides is 1. The Hall–Kier alpha value is -3.36. The molecule has 0 saturated heterocycles. The van der Waals surface area contributed by atoms with Gasteiger partial charge in [-0.05, 0) is 49.2 Å². The standard InChI is InChI=1S/C26H30N2O5S/c1-20(24-11-7-8-12-25(24)33-3)27-26(29)19-28(18-17-21-9-5-4-6-10-21)34(30,31)23-15-13-22(32-2)14-16-23/h4-16,20H,17-19H2,1-3H3,(H,27,29)/t20-/m1/s1. The van der Waals surface area contributed by atoms with E-state index in [-0.39, 0.29) is 24.0 Å². The minimum Gasteiger partial charge on any atom is -0.497 e. The molecule has 1 N–H and O–H groups in total. The van der Waals surface area contributed by atoms with Gasteiger partial charge in [0.15, 0.2) is 0 Å². The maximum Gasteiger partial charge on any atom is 0.243 e. The van der Waals surface area contributed by atoms with Gasteiger partial charge in [-0.25, -0.2) is 8.42 Å². The molecule has 1 atom stereocenters. The number of hydrogen-bond donors (Lipinski definition) is 1. The summed E-state index contributed by atoms with van der Waals surface area (Å²) in [6.45, 7) is 1.69. The maximum atomic E-state index is 13.4. The van der Waals surface area contributed by atoms with E-state index in [0.717, 1.165) is 11.1 Å². The smallest absolute Gasteiger partial charge is 0.243 e. The molecule has 3 rings (SSSR count). The fourth-order valence-corrected chi connectivity index (χ4v) is 5.03. The van der Waals surface area contributed by atoms with Crippen LogP contribution in [0.3, 0.4) is 0 Å². The lowest BCUT2D eigenvalue weighted by Crippen LogP contribution is -2.42. The Morgan fingerprint density at radius 3 is 2.21 bits per heavy atom. The Morgan fingerprint density at radius 1 is 0.912 bits per heavy atom. The lowest BCUT2D eigenvalue weighted by Gasteiger charge is -2.24. The number of hydrogen-bond acceptors (Lipinski definition) is 5. The van der Waals surface area contributed by atoms with Crippen molar-refractivity contribution in [2.45, 2.75) is 24.3 Å². The molecule has 0 unspecified atom stereocenters. The summed E-state index contributed by atoms with van der Waals surface area (Å²) in [6.07, 6.45) is 0.478. The minimum atomic E-state index is -3.91. The molecule has 3 aromatic carbocycles. The van der Waals surface area contributed by atoms with Crippen molar-refractivity contribution in [3.8, 4) is 11.5 Å². The molecule has 0 bridgehead atoms. The summed E-state index contributed by atoms with van der Waals surface area (Å²) >= 11 is 0. The van der Waals surface area contributed by atoms with Gasteiger partial charge < -0.3 is 14.8 Å². The second-order valence-electron chi connectivity index (χ2n) is 7.78. The summed E-state index contributed by atoms with van der Waals surface area (Å²) in [5.74, 6) is 0.809. The first-order valence-corrected chi connectivity index (χ1v) is 12.4. The molecule has 0 spiro atoms. The third-order valence-electron chi connectivity index (χ3n) is 5.49. The number of carbonyl (C=O) groups excluding carboxylic acids is 1. The molecule has 0 aliphatic carbocycles. The van der Waals surface area contributed by atoms with Gasteiger partial charge in [0.2, 0.25) is 15.9 Å². The summed E-state index contributed by atoms with van der Waals surface area (Å²) in [5, 5.41) is 2.90. The molecule has 7 nitrogen and oxygen atoms in total. The van der Waals surface area contributed by atoms with Gasteiger partial charge in [0.1, 0.15) is 11.5 Å². The first-order chi connectivity index (χ1) is 16.3. The summed E-state index contributed by atoms with van der Waals surface area (Å²) in [5.41, 5.74) is 1.80. The normalized spacial score (nSPS) is 12.2. The van der Waals surface area contributed by atoms with Crippen molar-refractivity contribution >= 4 is 15.9 Å². The molecule has 0 fully saturated rings. The van der Waals surface area contributed by atoms with E-state index in [1.54, 1.807) is 19.2 Å². The minimum absolute atomic E-state index is 0.104. The van der Waals surface area contributed by atoms with Crippen LogP contribution in [0, 0.1) is 0 Å². The van der Waals surface area contributed by atoms with E-state index in [9.17, 15) is 13.2 Å². The SMILES string of the molecule is COc1ccc(S(=O)(=O)N(CCc2ccccc2)CC(=O)N[C@H](C)c2ccccc2OC)cc1. The van der Waals surface area contributed by atoms with Crippen LogP contribution in [0.25, 0.3) is 0 Å². The van der Waals surface area contributed by atoms with Crippen molar-refractivity contribution in [2.75, 3.05) is 27.3 Å². The van der Waals surface area contributed by atoms with E-state index in [1.165, 1.54) is 23.5 Å². The van der Waals surface area contributed by atoms with Crippen LogP contribution in [0.2, 0.25) is 0 Å². The maximum absolute atomic E-state index is 13.4. The van der Waals surface area contributed by atoms with Crippen molar-refractivity contribution in [2.24, 2.45) is 0 Å². The van der Waals surface area contributed by atoms with Gasteiger partial charge in [0.05, 0.1) is 31.7 Å². The van der Waals surface area contributed by atoms with E-state index in [2.05, 4.69) is 5.32 Å². The quantitative estimate of drug-likeness (QED) is 0.449. The van der Waals surface area contributed by atoms with Crippen LogP contribution >= 0.6 is 0 Å². The highest BCUT2D eigenvalue weighted by atomic mass is 32.2. The van der Waals surface area contributed by atoms with Crippen molar-refractivity contribution in [1.29, 1.82) is 0 Å². The second kappa shape index (κ2) is 11.7. The van der Waals surface area contributed by atoms with Crippen LogP contribution < -0.4 is 14.8 Å². The molecule has 3 aromatic rings. The molecule has 1 amide bonds. The number of para-hydroxylation sites is 1. The highest BCUT2D eigenvalue weighted by molar-refractivity contribution is 7.89. The number of carbonyl (C=O) groups is 1. The lowest BCUT2D eigenvalue weighted by atomic mass is 10.1. The van der Waals surface area contributed by atoms with Crippen LogP contribution in [-0.4, -0.2) is 45.9 Å². The third-order valence-corrected chi connectivity index (χ3v) is 7.35. The van der Waals surface area contributed by atoms with Gasteiger partial charge in [-0.1, -0.05) is 48.5 Å². The zero-order chi connectivity index (χ0) is 24.6. The first kappa shape index (κ1) is 25.3. The van der Waals surface area contributed by atoms with Gasteiger partial charge in [-0.2, -0.15) is 4.31 Å². The Kier molecular flexibility index (Phi) is 8.67. The lowest BCUT2D eigenvalue weighted by molar-refractivity contribution is -0.121. The molecular formula is C26H30N2O5S. The number of rotatable bonds is 11. The molecule has 0 saturated carbocycles. The molecular weight excluding hydrogens is 452 g/mol. The average Bonchev–Trinajstić information content (AvgIpc) is 2.86.